The summed E-state index contributed by atoms with van der Waals surface area (Å²) >= 11 is 0. The van der Waals surface area contributed by atoms with Gasteiger partial charge >= 0.3 is 6.18 Å². The summed E-state index contributed by atoms with van der Waals surface area (Å²) < 4.78 is 70.2. The first-order valence-electron chi connectivity index (χ1n) is 8.73. The number of benzene rings is 2. The average molecular weight is 430 g/mol. The third-order valence-corrected chi connectivity index (χ3v) is 5.55. The molecule has 2 aromatic rings. The third kappa shape index (κ3) is 6.75. The lowest BCUT2D eigenvalue weighted by Gasteiger charge is -2.13. The number of alkyl halides is 3. The van der Waals surface area contributed by atoms with Crippen molar-refractivity contribution in [1.29, 1.82) is 0 Å². The topological polar surface area (TPSA) is 84.5 Å². The van der Waals surface area contributed by atoms with Crippen molar-refractivity contribution < 1.29 is 31.1 Å². The molecule has 0 heterocycles. The molecule has 158 valence electrons. The molecule has 0 fully saturated rings. The van der Waals surface area contributed by atoms with E-state index in [1.54, 1.807) is 6.92 Å². The molecule has 0 aliphatic rings. The zero-order valence-electron chi connectivity index (χ0n) is 15.8. The summed E-state index contributed by atoms with van der Waals surface area (Å²) in [5.74, 6) is -0.411. The lowest BCUT2D eigenvalue weighted by atomic mass is 10.2. The smallest absolute Gasteiger partial charge is 0.416 e. The Hall–Kier alpha value is -2.59. The second kappa shape index (κ2) is 9.27. The van der Waals surface area contributed by atoms with Gasteiger partial charge in [0.1, 0.15) is 5.75 Å². The maximum absolute atomic E-state index is 12.7. The van der Waals surface area contributed by atoms with E-state index in [2.05, 4.69) is 10.0 Å². The van der Waals surface area contributed by atoms with Gasteiger partial charge in [0.25, 0.3) is 5.91 Å². The first-order chi connectivity index (χ1) is 13.5. The second-order valence-corrected chi connectivity index (χ2v) is 8.03. The van der Waals surface area contributed by atoms with Crippen LogP contribution in [0.2, 0.25) is 0 Å². The predicted molar refractivity (Wildman–Crippen MR) is 102 cm³/mol. The Bertz CT molecular complexity index is 945. The van der Waals surface area contributed by atoms with Gasteiger partial charge in [0.05, 0.1) is 10.5 Å². The molecule has 2 rings (SSSR count). The number of halogens is 3. The molecule has 2 N–H and O–H groups in total. The fraction of sp³-hybridized carbons (Fsp3) is 0.316. The molecule has 1 atom stereocenters. The Kier molecular flexibility index (Phi) is 7.26. The number of hydrogen-bond donors (Lipinski definition) is 2. The summed E-state index contributed by atoms with van der Waals surface area (Å²) in [6.45, 7) is 3.15. The van der Waals surface area contributed by atoms with Crippen LogP contribution < -0.4 is 14.8 Å². The predicted octanol–water partition coefficient (Wildman–Crippen LogP) is 3.80. The molecule has 0 aliphatic carbocycles. The molecule has 0 aromatic heterocycles. The lowest BCUT2D eigenvalue weighted by Crippen LogP contribution is -2.31. The summed E-state index contributed by atoms with van der Waals surface area (Å²) in [4.78, 5) is 12.0. The van der Waals surface area contributed by atoms with E-state index >= 15 is 0 Å². The lowest BCUT2D eigenvalue weighted by molar-refractivity contribution is -0.137. The van der Waals surface area contributed by atoms with Gasteiger partial charge in [-0.2, -0.15) is 13.2 Å². The number of ether oxygens (including phenoxy) is 1. The molecular weight excluding hydrogens is 409 g/mol. The zero-order valence-corrected chi connectivity index (χ0v) is 16.6. The fourth-order valence-corrected chi connectivity index (χ4v) is 3.58. The minimum absolute atomic E-state index is 0.00835. The van der Waals surface area contributed by atoms with Gasteiger partial charge in [0, 0.05) is 11.7 Å². The van der Waals surface area contributed by atoms with E-state index in [0.29, 0.717) is 6.42 Å². The molecule has 0 saturated carbocycles. The molecule has 0 saturated heterocycles. The van der Waals surface area contributed by atoms with Gasteiger partial charge < -0.3 is 10.1 Å². The second-order valence-electron chi connectivity index (χ2n) is 6.32. The zero-order chi connectivity index (χ0) is 21.7. The molecule has 2 aromatic carbocycles. The SMILES string of the molecule is CC[C@@H](C)NS(=O)(=O)c1ccc(OCC(=O)Nc2cccc(C(F)(F)F)c2)cc1. The minimum atomic E-state index is -4.51. The van der Waals surface area contributed by atoms with Gasteiger partial charge in [0.2, 0.25) is 10.0 Å². The van der Waals surface area contributed by atoms with Crippen molar-refractivity contribution >= 4 is 21.6 Å². The molecule has 29 heavy (non-hydrogen) atoms. The molecule has 10 heteroatoms. The quantitative estimate of drug-likeness (QED) is 0.667. The van der Waals surface area contributed by atoms with Crippen molar-refractivity contribution in [3.8, 4) is 5.75 Å². The summed E-state index contributed by atoms with van der Waals surface area (Å²) in [5.41, 5.74) is -0.884. The number of carbonyl (C=O) groups excluding carboxylic acids is 1. The number of amides is 1. The summed E-state index contributed by atoms with van der Waals surface area (Å²) in [5, 5.41) is 2.32. The number of rotatable bonds is 8. The largest absolute Gasteiger partial charge is 0.484 e. The van der Waals surface area contributed by atoms with Crippen molar-refractivity contribution in [3.63, 3.8) is 0 Å². The van der Waals surface area contributed by atoms with Crippen LogP contribution in [-0.4, -0.2) is 27.0 Å². The van der Waals surface area contributed by atoms with E-state index in [9.17, 15) is 26.4 Å². The van der Waals surface area contributed by atoms with Crippen LogP contribution in [0.5, 0.6) is 5.75 Å². The van der Waals surface area contributed by atoms with Crippen LogP contribution in [0.15, 0.2) is 53.4 Å². The fourth-order valence-electron chi connectivity index (χ4n) is 2.25. The van der Waals surface area contributed by atoms with Crippen LogP contribution in [0.3, 0.4) is 0 Å². The van der Waals surface area contributed by atoms with Gasteiger partial charge in [-0.1, -0.05) is 13.0 Å². The number of anilines is 1. The minimum Gasteiger partial charge on any atom is -0.484 e. The number of carbonyl (C=O) groups is 1. The molecule has 1 amide bonds. The third-order valence-electron chi connectivity index (χ3n) is 3.95. The van der Waals surface area contributed by atoms with E-state index in [1.807, 2.05) is 6.92 Å². The molecule has 0 aliphatic heterocycles. The molecule has 6 nitrogen and oxygen atoms in total. The van der Waals surface area contributed by atoms with Crippen molar-refractivity contribution in [1.82, 2.24) is 4.72 Å². The highest BCUT2D eigenvalue weighted by Crippen LogP contribution is 2.30. The number of nitrogens with one attached hydrogen (secondary N) is 2. The highest BCUT2D eigenvalue weighted by Gasteiger charge is 2.30. The van der Waals surface area contributed by atoms with Crippen LogP contribution in [0.4, 0.5) is 18.9 Å². The maximum atomic E-state index is 12.7. The number of hydrogen-bond acceptors (Lipinski definition) is 4. The maximum Gasteiger partial charge on any atom is 0.416 e. The highest BCUT2D eigenvalue weighted by molar-refractivity contribution is 7.89. The Labute approximate surface area is 167 Å². The van der Waals surface area contributed by atoms with E-state index in [4.69, 9.17) is 4.74 Å². The van der Waals surface area contributed by atoms with Crippen LogP contribution in [0, 0.1) is 0 Å². The van der Waals surface area contributed by atoms with E-state index < -0.39 is 34.3 Å². The Balaban J connectivity index is 1.94. The number of sulfonamides is 1. The van der Waals surface area contributed by atoms with Gasteiger partial charge in [-0.3, -0.25) is 4.79 Å². The molecular formula is C19H21F3N2O4S. The van der Waals surface area contributed by atoms with Gasteiger partial charge in [-0.15, -0.1) is 0 Å². The summed E-state index contributed by atoms with van der Waals surface area (Å²) in [6.07, 6.45) is -3.87. The van der Waals surface area contributed by atoms with Gasteiger partial charge in [-0.05, 0) is 55.8 Å². The van der Waals surface area contributed by atoms with Crippen LogP contribution >= 0.6 is 0 Å². The molecule has 0 unspecified atom stereocenters. The van der Waals surface area contributed by atoms with Crippen molar-refractivity contribution in [3.05, 3.63) is 54.1 Å². The molecule has 0 spiro atoms. The Morgan fingerprint density at radius 2 is 1.79 bits per heavy atom. The van der Waals surface area contributed by atoms with Crippen LogP contribution in [0.1, 0.15) is 25.8 Å². The van der Waals surface area contributed by atoms with Crippen molar-refractivity contribution in [2.45, 2.75) is 37.4 Å². The van der Waals surface area contributed by atoms with Gasteiger partial charge in [-0.25, -0.2) is 13.1 Å². The van der Waals surface area contributed by atoms with Crippen LogP contribution in [-0.2, 0) is 21.0 Å². The first kappa shape index (κ1) is 22.7. The Morgan fingerprint density at radius 1 is 1.14 bits per heavy atom. The molecule has 0 radical (unpaired) electrons. The van der Waals surface area contributed by atoms with Gasteiger partial charge in [0.15, 0.2) is 6.61 Å². The highest BCUT2D eigenvalue weighted by atomic mass is 32.2. The first-order valence-corrected chi connectivity index (χ1v) is 10.2. The molecule has 0 bridgehead atoms. The van der Waals surface area contributed by atoms with E-state index in [1.165, 1.54) is 36.4 Å². The van der Waals surface area contributed by atoms with E-state index in [-0.39, 0.29) is 22.4 Å². The summed E-state index contributed by atoms with van der Waals surface area (Å²) in [6, 6.07) is 9.49. The standard InChI is InChI=1S/C19H21F3N2O4S/c1-3-13(2)24-29(26,27)17-9-7-16(8-10-17)28-12-18(25)23-15-6-4-5-14(11-15)19(20,21)22/h4-11,13,24H,3,12H2,1-2H3,(H,23,25)/t13-/m1/s1. The van der Waals surface area contributed by atoms with Crippen molar-refractivity contribution in [2.24, 2.45) is 0 Å². The monoisotopic (exact) mass is 430 g/mol. The normalized spacial score (nSPS) is 13.0. The summed E-state index contributed by atoms with van der Waals surface area (Å²) in [7, 11) is -3.65. The Morgan fingerprint density at radius 3 is 2.38 bits per heavy atom. The van der Waals surface area contributed by atoms with Crippen molar-refractivity contribution in [2.75, 3.05) is 11.9 Å². The van der Waals surface area contributed by atoms with E-state index in [0.717, 1.165) is 12.1 Å². The van der Waals surface area contributed by atoms with Crippen LogP contribution in [0.25, 0.3) is 0 Å². The average Bonchev–Trinajstić information content (AvgIpc) is 2.66.